The molecule has 17 heavy (non-hydrogen) atoms. The fourth-order valence-corrected chi connectivity index (χ4v) is 1.54. The number of ether oxygens (including phenoxy) is 1. The van der Waals surface area contributed by atoms with Crippen LogP contribution in [0.2, 0.25) is 0 Å². The Balaban J connectivity index is 3.16. The summed E-state index contributed by atoms with van der Waals surface area (Å²) >= 11 is 0. The number of unbranched alkanes of at least 4 members (excludes halogenated alkanes) is 5. The van der Waals surface area contributed by atoms with Crippen molar-refractivity contribution >= 4 is 7.82 Å². The van der Waals surface area contributed by atoms with Crippen LogP contribution in [-0.4, -0.2) is 23.0 Å². The molecule has 0 fully saturated rings. The average Bonchev–Trinajstić information content (AvgIpc) is 2.24. The van der Waals surface area contributed by atoms with Gasteiger partial charge in [0.15, 0.2) is 0 Å². The lowest BCUT2D eigenvalue weighted by Crippen LogP contribution is -1.94. The summed E-state index contributed by atoms with van der Waals surface area (Å²) in [5, 5.41) is 0. The first-order chi connectivity index (χ1) is 8.06. The van der Waals surface area contributed by atoms with Crippen molar-refractivity contribution in [3.63, 3.8) is 0 Å². The second kappa shape index (κ2) is 10.8. The van der Waals surface area contributed by atoms with E-state index in [2.05, 4.69) is 11.4 Å². The number of phosphoric ester groups is 1. The van der Waals surface area contributed by atoms with E-state index in [1.54, 1.807) is 0 Å². The van der Waals surface area contributed by atoms with Crippen molar-refractivity contribution < 1.29 is 23.6 Å². The van der Waals surface area contributed by atoms with E-state index in [4.69, 9.17) is 14.5 Å². The van der Waals surface area contributed by atoms with Crippen LogP contribution in [0.1, 0.15) is 45.4 Å². The summed E-state index contributed by atoms with van der Waals surface area (Å²) in [5.41, 5.74) is 0. The van der Waals surface area contributed by atoms with Crippen LogP contribution in [0, 0.1) is 0 Å². The van der Waals surface area contributed by atoms with Gasteiger partial charge in [-0.25, -0.2) is 4.57 Å². The van der Waals surface area contributed by atoms with Gasteiger partial charge in [-0.1, -0.05) is 39.0 Å². The Morgan fingerprint density at radius 2 is 1.76 bits per heavy atom. The molecule has 0 aliphatic carbocycles. The van der Waals surface area contributed by atoms with E-state index in [1.165, 1.54) is 38.2 Å². The predicted molar refractivity (Wildman–Crippen MR) is 66.5 cm³/mol. The van der Waals surface area contributed by atoms with E-state index in [1.807, 2.05) is 0 Å². The van der Waals surface area contributed by atoms with Crippen LogP contribution in [0.3, 0.4) is 0 Å². The smallest absolute Gasteiger partial charge is 0.412 e. The molecule has 5 nitrogen and oxygen atoms in total. The Labute approximate surface area is 103 Å². The van der Waals surface area contributed by atoms with Crippen LogP contribution < -0.4 is 0 Å². The van der Waals surface area contributed by atoms with Gasteiger partial charge in [0.05, 0.1) is 12.9 Å². The zero-order valence-corrected chi connectivity index (χ0v) is 11.3. The molecule has 0 aliphatic heterocycles. The highest BCUT2D eigenvalue weighted by atomic mass is 31.2. The standard InChI is InChI=1S/C11H23O5P/c1-2-3-4-5-6-7-9-15-10-8-11-16-17(12,13)14/h8,11H,2-7,9-10H2,1H3,(H2,12,13,14). The topological polar surface area (TPSA) is 76.0 Å². The van der Waals surface area contributed by atoms with Gasteiger partial charge in [0.25, 0.3) is 0 Å². The van der Waals surface area contributed by atoms with Gasteiger partial charge in [-0.2, -0.15) is 0 Å². The SMILES string of the molecule is CCCCCCCCOCC=COP(=O)(O)O. The number of hydrogen-bond acceptors (Lipinski definition) is 3. The molecule has 0 spiro atoms. The molecule has 0 saturated heterocycles. The van der Waals surface area contributed by atoms with Crippen LogP contribution >= 0.6 is 7.82 Å². The highest BCUT2D eigenvalue weighted by molar-refractivity contribution is 7.46. The molecule has 0 saturated carbocycles. The summed E-state index contributed by atoms with van der Waals surface area (Å²) in [4.78, 5) is 16.7. The van der Waals surface area contributed by atoms with Gasteiger partial charge in [-0.05, 0) is 12.5 Å². The molecule has 0 aromatic rings. The Hall–Kier alpha value is -0.350. The Morgan fingerprint density at radius 3 is 2.41 bits per heavy atom. The normalized spacial score (nSPS) is 12.2. The second-order valence-corrected chi connectivity index (χ2v) is 5.00. The van der Waals surface area contributed by atoms with Gasteiger partial charge in [-0.15, -0.1) is 0 Å². The number of hydrogen-bond donors (Lipinski definition) is 2. The van der Waals surface area contributed by atoms with Crippen LogP contribution in [0.5, 0.6) is 0 Å². The molecular weight excluding hydrogens is 243 g/mol. The molecule has 0 aliphatic rings. The largest absolute Gasteiger partial charge is 0.524 e. The monoisotopic (exact) mass is 266 g/mol. The molecule has 0 amide bonds. The molecule has 0 bridgehead atoms. The van der Waals surface area contributed by atoms with Crippen molar-refractivity contribution in [2.24, 2.45) is 0 Å². The van der Waals surface area contributed by atoms with Gasteiger partial charge in [0.1, 0.15) is 0 Å². The highest BCUT2D eigenvalue weighted by Gasteiger charge is 2.10. The number of rotatable bonds is 11. The zero-order valence-electron chi connectivity index (χ0n) is 10.4. The Morgan fingerprint density at radius 1 is 1.12 bits per heavy atom. The summed E-state index contributed by atoms with van der Waals surface area (Å²) in [6.07, 6.45) is 9.68. The first kappa shape index (κ1) is 16.6. The lowest BCUT2D eigenvalue weighted by Gasteiger charge is -2.02. The summed E-state index contributed by atoms with van der Waals surface area (Å²) < 4.78 is 19.6. The van der Waals surface area contributed by atoms with E-state index < -0.39 is 7.82 Å². The Kier molecular flexibility index (Phi) is 10.6. The molecule has 0 atom stereocenters. The van der Waals surface area contributed by atoms with Gasteiger partial charge >= 0.3 is 7.82 Å². The molecular formula is C11H23O5P. The second-order valence-electron chi connectivity index (χ2n) is 3.81. The van der Waals surface area contributed by atoms with Gasteiger partial charge < -0.3 is 9.26 Å². The highest BCUT2D eigenvalue weighted by Crippen LogP contribution is 2.35. The molecule has 0 heterocycles. The maximum absolute atomic E-state index is 10.3. The lowest BCUT2D eigenvalue weighted by atomic mass is 10.1. The van der Waals surface area contributed by atoms with Gasteiger partial charge in [0, 0.05) is 6.61 Å². The molecule has 0 aromatic carbocycles. The summed E-state index contributed by atoms with van der Waals surface area (Å²) in [5.74, 6) is 0. The van der Waals surface area contributed by atoms with Crippen molar-refractivity contribution in [2.45, 2.75) is 45.4 Å². The van der Waals surface area contributed by atoms with Gasteiger partial charge in [-0.3, -0.25) is 9.79 Å². The zero-order chi connectivity index (χ0) is 13.0. The summed E-state index contributed by atoms with van der Waals surface area (Å²) in [6.45, 7) is 3.18. The van der Waals surface area contributed by atoms with Crippen molar-refractivity contribution in [3.8, 4) is 0 Å². The first-order valence-electron chi connectivity index (χ1n) is 6.03. The maximum atomic E-state index is 10.3. The molecule has 0 aromatic heterocycles. The molecule has 6 heteroatoms. The van der Waals surface area contributed by atoms with E-state index in [0.717, 1.165) is 12.7 Å². The minimum absolute atomic E-state index is 0.314. The molecule has 2 N–H and O–H groups in total. The van der Waals surface area contributed by atoms with E-state index >= 15 is 0 Å². The number of phosphoric acid groups is 1. The quantitative estimate of drug-likeness (QED) is 0.341. The molecule has 0 rings (SSSR count). The van der Waals surface area contributed by atoms with E-state index in [9.17, 15) is 4.57 Å². The minimum atomic E-state index is -4.39. The first-order valence-corrected chi connectivity index (χ1v) is 7.56. The average molecular weight is 266 g/mol. The van der Waals surface area contributed by atoms with Crippen LogP contribution in [-0.2, 0) is 13.8 Å². The summed E-state index contributed by atoms with van der Waals surface area (Å²) in [7, 11) is -4.39. The molecule has 102 valence electrons. The van der Waals surface area contributed by atoms with Crippen molar-refractivity contribution in [3.05, 3.63) is 12.3 Å². The lowest BCUT2D eigenvalue weighted by molar-refractivity contribution is 0.155. The van der Waals surface area contributed by atoms with Crippen LogP contribution in [0.4, 0.5) is 0 Å². The van der Waals surface area contributed by atoms with E-state index in [0.29, 0.717) is 13.2 Å². The third kappa shape index (κ3) is 15.6. The molecule has 0 unspecified atom stereocenters. The van der Waals surface area contributed by atoms with Crippen molar-refractivity contribution in [2.75, 3.05) is 13.2 Å². The summed E-state index contributed by atoms with van der Waals surface area (Å²) in [6, 6.07) is 0. The third-order valence-corrected chi connectivity index (χ3v) is 2.55. The predicted octanol–water partition coefficient (Wildman–Crippen LogP) is 2.99. The van der Waals surface area contributed by atoms with Gasteiger partial charge in [0.2, 0.25) is 0 Å². The van der Waals surface area contributed by atoms with Crippen molar-refractivity contribution in [1.82, 2.24) is 0 Å². The maximum Gasteiger partial charge on any atom is 0.524 e. The van der Waals surface area contributed by atoms with Crippen LogP contribution in [0.15, 0.2) is 12.3 Å². The van der Waals surface area contributed by atoms with E-state index in [-0.39, 0.29) is 0 Å². The third-order valence-electron chi connectivity index (χ3n) is 2.15. The fraction of sp³-hybridized carbons (Fsp3) is 0.818. The fourth-order valence-electron chi connectivity index (χ4n) is 1.30. The van der Waals surface area contributed by atoms with Crippen molar-refractivity contribution in [1.29, 1.82) is 0 Å². The minimum Gasteiger partial charge on any atom is -0.412 e. The molecule has 0 radical (unpaired) electrons. The van der Waals surface area contributed by atoms with Crippen LogP contribution in [0.25, 0.3) is 0 Å². The Bertz CT molecular complexity index is 236.